The predicted molar refractivity (Wildman–Crippen MR) is 60.4 cm³/mol. The summed E-state index contributed by atoms with van der Waals surface area (Å²) in [5, 5.41) is 2.58. The Labute approximate surface area is 88.1 Å². The number of rotatable bonds is 3. The van der Waals surface area contributed by atoms with E-state index in [1.54, 1.807) is 7.05 Å². The van der Waals surface area contributed by atoms with E-state index in [9.17, 15) is 4.79 Å². The number of anilines is 1. The molecular weight excluding hydrogens is 196 g/mol. The first-order chi connectivity index (χ1) is 6.65. The summed E-state index contributed by atoms with van der Waals surface area (Å²) in [5.41, 5.74) is 7.56. The van der Waals surface area contributed by atoms with Crippen molar-refractivity contribution in [1.82, 2.24) is 5.32 Å². The zero-order chi connectivity index (χ0) is 10.6. The molecule has 0 bridgehead atoms. The van der Waals surface area contributed by atoms with Gasteiger partial charge in [0.1, 0.15) is 0 Å². The molecule has 0 saturated carbocycles. The van der Waals surface area contributed by atoms with Gasteiger partial charge in [0.15, 0.2) is 0 Å². The van der Waals surface area contributed by atoms with Gasteiger partial charge in [-0.25, -0.2) is 0 Å². The molecule has 0 radical (unpaired) electrons. The lowest BCUT2D eigenvalue weighted by Gasteiger charge is -2.06. The first kappa shape index (κ1) is 10.9. The Morgan fingerprint density at radius 1 is 1.57 bits per heavy atom. The summed E-state index contributed by atoms with van der Waals surface area (Å²) in [6.45, 7) is 1.96. The molecule has 1 rings (SSSR count). The second-order valence-electron chi connectivity index (χ2n) is 2.93. The maximum Gasteiger partial charge on any atom is 0.230 e. The van der Waals surface area contributed by atoms with E-state index in [-0.39, 0.29) is 5.91 Å². The number of carbonyl (C=O) groups is 1. The summed E-state index contributed by atoms with van der Waals surface area (Å²) in [5.74, 6) is 0.456. The Kier molecular flexibility index (Phi) is 3.83. The summed E-state index contributed by atoms with van der Waals surface area (Å²) in [4.78, 5) is 12.1. The Hall–Kier alpha value is -1.16. The highest BCUT2D eigenvalue weighted by molar-refractivity contribution is 8.00. The molecule has 0 aliphatic rings. The van der Waals surface area contributed by atoms with E-state index in [0.717, 1.165) is 16.1 Å². The van der Waals surface area contributed by atoms with Gasteiger partial charge >= 0.3 is 0 Å². The molecule has 1 aromatic rings. The van der Waals surface area contributed by atoms with Gasteiger partial charge in [0.2, 0.25) is 5.91 Å². The number of nitrogen functional groups attached to an aromatic ring is 1. The van der Waals surface area contributed by atoms with Crippen LogP contribution in [0.4, 0.5) is 5.69 Å². The molecule has 0 atom stereocenters. The van der Waals surface area contributed by atoms with Crippen molar-refractivity contribution in [3.05, 3.63) is 23.8 Å². The maximum absolute atomic E-state index is 11.0. The number of benzene rings is 1. The monoisotopic (exact) mass is 210 g/mol. The normalized spacial score (nSPS) is 9.86. The standard InChI is InChI=1S/C10H14N2OS/c1-7-8(11)4-3-5-9(7)14-6-10(13)12-2/h3-5H,6,11H2,1-2H3,(H,12,13). The van der Waals surface area contributed by atoms with Crippen molar-refractivity contribution in [1.29, 1.82) is 0 Å². The molecule has 76 valence electrons. The molecule has 14 heavy (non-hydrogen) atoms. The minimum Gasteiger partial charge on any atom is -0.398 e. The van der Waals surface area contributed by atoms with Crippen LogP contribution < -0.4 is 11.1 Å². The molecule has 0 fully saturated rings. The Morgan fingerprint density at radius 2 is 2.29 bits per heavy atom. The average molecular weight is 210 g/mol. The van der Waals surface area contributed by atoms with Crippen LogP contribution in [0, 0.1) is 6.92 Å². The highest BCUT2D eigenvalue weighted by atomic mass is 32.2. The van der Waals surface area contributed by atoms with Gasteiger partial charge < -0.3 is 11.1 Å². The SMILES string of the molecule is CNC(=O)CSc1cccc(N)c1C. The molecule has 1 amide bonds. The van der Waals surface area contributed by atoms with Crippen LogP contribution in [0.1, 0.15) is 5.56 Å². The van der Waals surface area contributed by atoms with Crippen molar-refractivity contribution in [2.75, 3.05) is 18.5 Å². The fourth-order valence-electron chi connectivity index (χ4n) is 1.00. The van der Waals surface area contributed by atoms with E-state index in [4.69, 9.17) is 5.73 Å². The molecule has 0 aliphatic heterocycles. The summed E-state index contributed by atoms with van der Waals surface area (Å²) >= 11 is 1.50. The minimum absolute atomic E-state index is 0.0248. The van der Waals surface area contributed by atoms with Gasteiger partial charge in [-0.1, -0.05) is 6.07 Å². The van der Waals surface area contributed by atoms with Crippen LogP contribution in [0.5, 0.6) is 0 Å². The van der Waals surface area contributed by atoms with Crippen molar-refractivity contribution in [3.8, 4) is 0 Å². The van der Waals surface area contributed by atoms with Crippen molar-refractivity contribution in [2.45, 2.75) is 11.8 Å². The molecule has 0 saturated heterocycles. The second-order valence-corrected chi connectivity index (χ2v) is 3.95. The first-order valence-corrected chi connectivity index (χ1v) is 5.32. The van der Waals surface area contributed by atoms with Crippen LogP contribution in [-0.2, 0) is 4.79 Å². The van der Waals surface area contributed by atoms with Crippen molar-refractivity contribution >= 4 is 23.4 Å². The molecule has 3 nitrogen and oxygen atoms in total. The largest absolute Gasteiger partial charge is 0.398 e. The van der Waals surface area contributed by atoms with E-state index in [0.29, 0.717) is 5.75 Å². The Morgan fingerprint density at radius 3 is 2.93 bits per heavy atom. The number of hydrogen-bond acceptors (Lipinski definition) is 3. The fourth-order valence-corrected chi connectivity index (χ4v) is 1.94. The van der Waals surface area contributed by atoms with Gasteiger partial charge in [-0.05, 0) is 24.6 Å². The van der Waals surface area contributed by atoms with E-state index >= 15 is 0 Å². The van der Waals surface area contributed by atoms with Crippen LogP contribution in [-0.4, -0.2) is 18.7 Å². The molecule has 0 aromatic heterocycles. The molecule has 0 heterocycles. The molecular formula is C10H14N2OS. The van der Waals surface area contributed by atoms with E-state index in [2.05, 4.69) is 5.32 Å². The third-order valence-corrected chi connectivity index (χ3v) is 3.12. The maximum atomic E-state index is 11.0. The predicted octanol–water partition coefficient (Wildman–Crippen LogP) is 1.42. The molecule has 1 aromatic carbocycles. The highest BCUT2D eigenvalue weighted by Gasteiger charge is 2.04. The summed E-state index contributed by atoms with van der Waals surface area (Å²) in [7, 11) is 1.63. The number of amides is 1. The van der Waals surface area contributed by atoms with Crippen LogP contribution >= 0.6 is 11.8 Å². The van der Waals surface area contributed by atoms with Crippen LogP contribution in [0.3, 0.4) is 0 Å². The third kappa shape index (κ3) is 2.67. The van der Waals surface area contributed by atoms with E-state index in [1.807, 2.05) is 25.1 Å². The number of thioether (sulfide) groups is 1. The van der Waals surface area contributed by atoms with Crippen molar-refractivity contribution in [3.63, 3.8) is 0 Å². The molecule has 4 heteroatoms. The Bertz CT molecular complexity index is 339. The zero-order valence-corrected chi connectivity index (χ0v) is 9.15. The van der Waals surface area contributed by atoms with Crippen LogP contribution in [0.2, 0.25) is 0 Å². The minimum atomic E-state index is 0.0248. The highest BCUT2D eigenvalue weighted by Crippen LogP contribution is 2.25. The summed E-state index contributed by atoms with van der Waals surface area (Å²) in [6.07, 6.45) is 0. The number of carbonyl (C=O) groups excluding carboxylic acids is 1. The van der Waals surface area contributed by atoms with E-state index in [1.165, 1.54) is 11.8 Å². The lowest BCUT2D eigenvalue weighted by molar-refractivity contribution is -0.118. The lowest BCUT2D eigenvalue weighted by atomic mass is 10.2. The average Bonchev–Trinajstić information content (AvgIpc) is 2.20. The number of nitrogens with two attached hydrogens (primary N) is 1. The van der Waals surface area contributed by atoms with E-state index < -0.39 is 0 Å². The quantitative estimate of drug-likeness (QED) is 0.586. The number of hydrogen-bond donors (Lipinski definition) is 2. The topological polar surface area (TPSA) is 55.1 Å². The third-order valence-electron chi connectivity index (χ3n) is 1.96. The van der Waals surface area contributed by atoms with Gasteiger partial charge in [0, 0.05) is 17.6 Å². The first-order valence-electron chi connectivity index (χ1n) is 4.33. The Balaban J connectivity index is 2.68. The second kappa shape index (κ2) is 4.91. The van der Waals surface area contributed by atoms with Crippen molar-refractivity contribution in [2.24, 2.45) is 0 Å². The van der Waals surface area contributed by atoms with Gasteiger partial charge in [-0.2, -0.15) is 0 Å². The summed E-state index contributed by atoms with van der Waals surface area (Å²) in [6, 6.07) is 5.73. The van der Waals surface area contributed by atoms with Gasteiger partial charge in [0.05, 0.1) is 5.75 Å². The van der Waals surface area contributed by atoms with Crippen LogP contribution in [0.15, 0.2) is 23.1 Å². The molecule has 0 spiro atoms. The van der Waals surface area contributed by atoms with Gasteiger partial charge in [-0.3, -0.25) is 4.79 Å². The van der Waals surface area contributed by atoms with Gasteiger partial charge in [-0.15, -0.1) is 11.8 Å². The smallest absolute Gasteiger partial charge is 0.230 e. The van der Waals surface area contributed by atoms with Crippen molar-refractivity contribution < 1.29 is 4.79 Å². The fraction of sp³-hybridized carbons (Fsp3) is 0.300. The lowest BCUT2D eigenvalue weighted by Crippen LogP contribution is -2.19. The molecule has 0 aliphatic carbocycles. The molecule has 0 unspecified atom stereocenters. The van der Waals surface area contributed by atoms with Crippen LogP contribution in [0.25, 0.3) is 0 Å². The van der Waals surface area contributed by atoms with Gasteiger partial charge in [0.25, 0.3) is 0 Å². The number of nitrogens with one attached hydrogen (secondary N) is 1. The zero-order valence-electron chi connectivity index (χ0n) is 8.33. The summed E-state index contributed by atoms with van der Waals surface area (Å²) < 4.78 is 0. The molecule has 3 N–H and O–H groups in total.